The highest BCUT2D eigenvalue weighted by Crippen LogP contribution is 2.22. The fourth-order valence-corrected chi connectivity index (χ4v) is 3.94. The summed E-state index contributed by atoms with van der Waals surface area (Å²) in [5.41, 5.74) is 4.22. The molecule has 0 bridgehead atoms. The Labute approximate surface area is 173 Å². The van der Waals surface area contributed by atoms with Crippen molar-refractivity contribution < 1.29 is 19.1 Å². The maximum Gasteiger partial charge on any atom is 0.326 e. The lowest BCUT2D eigenvalue weighted by atomic mass is 10.1. The first-order valence-corrected chi connectivity index (χ1v) is 10.2. The van der Waals surface area contributed by atoms with Crippen LogP contribution in [-0.4, -0.2) is 29.7 Å². The lowest BCUT2D eigenvalue weighted by Crippen LogP contribution is -2.24. The van der Waals surface area contributed by atoms with E-state index in [1.54, 1.807) is 11.5 Å². The van der Waals surface area contributed by atoms with E-state index in [2.05, 4.69) is 4.99 Å². The molecular formula is C22H24N2O4S. The molecule has 29 heavy (non-hydrogen) atoms. The first kappa shape index (κ1) is 20.8. The van der Waals surface area contributed by atoms with Gasteiger partial charge in [-0.05, 0) is 63.1 Å². The van der Waals surface area contributed by atoms with Crippen molar-refractivity contribution in [1.82, 2.24) is 4.57 Å². The summed E-state index contributed by atoms with van der Waals surface area (Å²) in [7, 11) is 0. The maximum atomic E-state index is 12.4. The standard InChI is InChI=1S/C22H24N2O4S/c1-5-27-21(26)12-24-18-10-15(3)16(4)11-19(18)29-22(24)23-20(25)13-28-17-8-6-14(2)7-9-17/h6-11H,5,12-13H2,1-4H3. The largest absolute Gasteiger partial charge is 0.484 e. The molecule has 1 amide bonds. The molecule has 3 aromatic rings. The average molecular weight is 413 g/mol. The van der Waals surface area contributed by atoms with Crippen molar-refractivity contribution in [3.05, 3.63) is 57.9 Å². The number of amides is 1. The Bertz CT molecular complexity index is 1110. The highest BCUT2D eigenvalue weighted by atomic mass is 32.1. The lowest BCUT2D eigenvalue weighted by molar-refractivity contribution is -0.143. The van der Waals surface area contributed by atoms with Crippen LogP contribution in [-0.2, 0) is 20.9 Å². The number of esters is 1. The van der Waals surface area contributed by atoms with Gasteiger partial charge in [-0.25, -0.2) is 0 Å². The Balaban J connectivity index is 1.92. The van der Waals surface area contributed by atoms with Gasteiger partial charge in [0, 0.05) is 0 Å². The van der Waals surface area contributed by atoms with E-state index in [0.717, 1.165) is 26.9 Å². The number of fused-ring (bicyclic) bond motifs is 1. The fourth-order valence-electron chi connectivity index (χ4n) is 2.81. The molecule has 0 unspecified atom stereocenters. The summed E-state index contributed by atoms with van der Waals surface area (Å²) < 4.78 is 13.3. The highest BCUT2D eigenvalue weighted by Gasteiger charge is 2.13. The van der Waals surface area contributed by atoms with Crippen molar-refractivity contribution in [2.75, 3.05) is 13.2 Å². The molecule has 0 aliphatic heterocycles. The molecule has 3 rings (SSSR count). The average Bonchev–Trinajstić information content (AvgIpc) is 2.98. The molecule has 0 N–H and O–H groups in total. The number of carbonyl (C=O) groups excluding carboxylic acids is 2. The van der Waals surface area contributed by atoms with Gasteiger partial charge < -0.3 is 14.0 Å². The van der Waals surface area contributed by atoms with Crippen LogP contribution in [0.2, 0.25) is 0 Å². The summed E-state index contributed by atoms with van der Waals surface area (Å²) in [6.07, 6.45) is 0. The molecular weight excluding hydrogens is 388 g/mol. The monoisotopic (exact) mass is 412 g/mol. The van der Waals surface area contributed by atoms with Crippen LogP contribution in [0.4, 0.5) is 0 Å². The summed E-state index contributed by atoms with van der Waals surface area (Å²) >= 11 is 1.37. The van der Waals surface area contributed by atoms with E-state index in [-0.39, 0.29) is 19.1 Å². The minimum Gasteiger partial charge on any atom is -0.484 e. The molecule has 6 nitrogen and oxygen atoms in total. The molecule has 0 fully saturated rings. The molecule has 1 aromatic heterocycles. The number of benzene rings is 2. The molecule has 0 saturated heterocycles. The van der Waals surface area contributed by atoms with Crippen molar-refractivity contribution in [2.45, 2.75) is 34.2 Å². The predicted octanol–water partition coefficient (Wildman–Crippen LogP) is 3.70. The molecule has 1 heterocycles. The van der Waals surface area contributed by atoms with E-state index >= 15 is 0 Å². The molecule has 0 spiro atoms. The highest BCUT2D eigenvalue weighted by molar-refractivity contribution is 7.16. The molecule has 0 aliphatic carbocycles. The lowest BCUT2D eigenvalue weighted by Gasteiger charge is -2.07. The van der Waals surface area contributed by atoms with Gasteiger partial charge in [-0.15, -0.1) is 0 Å². The number of nitrogens with zero attached hydrogens (tertiary/aromatic N) is 2. The van der Waals surface area contributed by atoms with Gasteiger partial charge in [0.1, 0.15) is 12.3 Å². The summed E-state index contributed by atoms with van der Waals surface area (Å²) in [6, 6.07) is 11.5. The third-order valence-corrected chi connectivity index (χ3v) is 5.54. The topological polar surface area (TPSA) is 69.9 Å². The predicted molar refractivity (Wildman–Crippen MR) is 113 cm³/mol. The summed E-state index contributed by atoms with van der Waals surface area (Å²) in [6.45, 7) is 7.92. The van der Waals surface area contributed by atoms with Gasteiger partial charge in [0.25, 0.3) is 5.91 Å². The van der Waals surface area contributed by atoms with E-state index in [9.17, 15) is 9.59 Å². The number of hydrogen-bond donors (Lipinski definition) is 0. The molecule has 7 heteroatoms. The summed E-state index contributed by atoms with van der Waals surface area (Å²) in [5.74, 6) is -0.167. The van der Waals surface area contributed by atoms with E-state index in [1.807, 2.05) is 57.2 Å². The first-order valence-electron chi connectivity index (χ1n) is 9.40. The third-order valence-electron chi connectivity index (χ3n) is 4.49. The fraction of sp³-hybridized carbons (Fsp3) is 0.318. The molecule has 0 saturated carbocycles. The SMILES string of the molecule is CCOC(=O)Cn1c(=NC(=O)COc2ccc(C)cc2)sc2cc(C)c(C)cc21. The van der Waals surface area contributed by atoms with Crippen LogP contribution in [0.15, 0.2) is 41.4 Å². The molecule has 0 atom stereocenters. The summed E-state index contributed by atoms with van der Waals surface area (Å²) in [5, 5.41) is 0. The van der Waals surface area contributed by atoms with Gasteiger partial charge in [-0.3, -0.25) is 9.59 Å². The van der Waals surface area contributed by atoms with Gasteiger partial charge in [-0.2, -0.15) is 4.99 Å². The zero-order chi connectivity index (χ0) is 21.0. The smallest absolute Gasteiger partial charge is 0.326 e. The van der Waals surface area contributed by atoms with Gasteiger partial charge >= 0.3 is 5.97 Å². The number of thiazole rings is 1. The minimum absolute atomic E-state index is 0.00126. The molecule has 2 aromatic carbocycles. The number of aryl methyl sites for hydroxylation is 3. The van der Waals surface area contributed by atoms with Crippen molar-refractivity contribution >= 4 is 33.4 Å². The Morgan fingerprint density at radius 3 is 2.45 bits per heavy atom. The van der Waals surface area contributed by atoms with Crippen LogP contribution in [0.3, 0.4) is 0 Å². The number of aromatic nitrogens is 1. The second kappa shape index (κ2) is 9.05. The molecule has 152 valence electrons. The van der Waals surface area contributed by atoms with E-state index < -0.39 is 5.91 Å². The first-order chi connectivity index (χ1) is 13.9. The van der Waals surface area contributed by atoms with Crippen LogP contribution in [0.25, 0.3) is 10.2 Å². The van der Waals surface area contributed by atoms with Crippen LogP contribution in [0.1, 0.15) is 23.6 Å². The van der Waals surface area contributed by atoms with E-state index in [0.29, 0.717) is 17.2 Å². The Kier molecular flexibility index (Phi) is 6.49. The minimum atomic E-state index is -0.414. The zero-order valence-electron chi connectivity index (χ0n) is 17.0. The maximum absolute atomic E-state index is 12.4. The Morgan fingerprint density at radius 1 is 1.07 bits per heavy atom. The van der Waals surface area contributed by atoms with Gasteiger partial charge in [-0.1, -0.05) is 29.0 Å². The van der Waals surface area contributed by atoms with Crippen molar-refractivity contribution in [2.24, 2.45) is 4.99 Å². The van der Waals surface area contributed by atoms with E-state index in [4.69, 9.17) is 9.47 Å². The second-order valence-corrected chi connectivity index (χ2v) is 7.80. The summed E-state index contributed by atoms with van der Waals surface area (Å²) in [4.78, 5) is 29.2. The van der Waals surface area contributed by atoms with Gasteiger partial charge in [0.15, 0.2) is 11.4 Å². The zero-order valence-corrected chi connectivity index (χ0v) is 17.8. The van der Waals surface area contributed by atoms with Gasteiger partial charge in [0.2, 0.25) is 0 Å². The number of ether oxygens (including phenoxy) is 2. The normalized spacial score (nSPS) is 11.7. The number of carbonyl (C=O) groups is 2. The van der Waals surface area contributed by atoms with E-state index in [1.165, 1.54) is 11.3 Å². The Morgan fingerprint density at radius 2 is 1.76 bits per heavy atom. The third kappa shape index (κ3) is 5.12. The van der Waals surface area contributed by atoms with Crippen LogP contribution in [0.5, 0.6) is 5.75 Å². The Hall–Kier alpha value is -2.93. The molecule has 0 aliphatic rings. The number of rotatable bonds is 6. The van der Waals surface area contributed by atoms with Gasteiger partial charge in [0.05, 0.1) is 16.8 Å². The van der Waals surface area contributed by atoms with Crippen LogP contribution >= 0.6 is 11.3 Å². The number of hydrogen-bond acceptors (Lipinski definition) is 5. The van der Waals surface area contributed by atoms with Crippen molar-refractivity contribution in [3.8, 4) is 5.75 Å². The van der Waals surface area contributed by atoms with Crippen molar-refractivity contribution in [1.29, 1.82) is 0 Å². The van der Waals surface area contributed by atoms with Crippen molar-refractivity contribution in [3.63, 3.8) is 0 Å². The molecule has 0 radical (unpaired) electrons. The second-order valence-electron chi connectivity index (χ2n) is 6.79. The van der Waals surface area contributed by atoms with Crippen LogP contribution in [0, 0.1) is 20.8 Å². The van der Waals surface area contributed by atoms with Crippen LogP contribution < -0.4 is 9.54 Å². The quantitative estimate of drug-likeness (QED) is 0.579.